The zero-order valence-electron chi connectivity index (χ0n) is 12.7. The van der Waals surface area contributed by atoms with E-state index in [0.29, 0.717) is 13.2 Å². The molecule has 0 aromatic carbocycles. The Labute approximate surface area is 126 Å². The Morgan fingerprint density at radius 3 is 2.90 bits per heavy atom. The SMILES string of the molecule is CCCCOCCN=C(NCC)NCCc1cccs1. The lowest BCUT2D eigenvalue weighted by atomic mass is 10.3. The lowest BCUT2D eigenvalue weighted by Gasteiger charge is -2.10. The molecule has 1 aromatic heterocycles. The predicted octanol–water partition coefficient (Wildman–Crippen LogP) is 2.66. The maximum absolute atomic E-state index is 5.50. The molecule has 5 heteroatoms. The number of hydrogen-bond donors (Lipinski definition) is 2. The van der Waals surface area contributed by atoms with E-state index in [0.717, 1.165) is 38.5 Å². The molecular weight excluding hydrogens is 270 g/mol. The first-order chi connectivity index (χ1) is 9.86. The summed E-state index contributed by atoms with van der Waals surface area (Å²) in [5.41, 5.74) is 0. The lowest BCUT2D eigenvalue weighted by Crippen LogP contribution is -2.38. The van der Waals surface area contributed by atoms with Gasteiger partial charge in [0.15, 0.2) is 5.96 Å². The molecule has 0 unspecified atom stereocenters. The predicted molar refractivity (Wildman–Crippen MR) is 87.7 cm³/mol. The van der Waals surface area contributed by atoms with Gasteiger partial charge in [0.1, 0.15) is 0 Å². The fraction of sp³-hybridized carbons (Fsp3) is 0.667. The molecule has 0 aliphatic rings. The van der Waals surface area contributed by atoms with Crippen molar-refractivity contribution in [3.05, 3.63) is 22.4 Å². The molecule has 1 heterocycles. The van der Waals surface area contributed by atoms with Gasteiger partial charge in [-0.15, -0.1) is 11.3 Å². The van der Waals surface area contributed by atoms with Gasteiger partial charge in [-0.25, -0.2) is 0 Å². The van der Waals surface area contributed by atoms with E-state index in [1.165, 1.54) is 11.3 Å². The first-order valence-electron chi connectivity index (χ1n) is 7.49. The lowest BCUT2D eigenvalue weighted by molar-refractivity contribution is 0.139. The van der Waals surface area contributed by atoms with Crippen molar-refractivity contribution in [2.24, 2.45) is 4.99 Å². The zero-order chi connectivity index (χ0) is 14.5. The van der Waals surface area contributed by atoms with E-state index in [-0.39, 0.29) is 0 Å². The Hall–Kier alpha value is -1.07. The summed E-state index contributed by atoms with van der Waals surface area (Å²) in [5, 5.41) is 8.72. The summed E-state index contributed by atoms with van der Waals surface area (Å²) in [7, 11) is 0. The molecule has 0 saturated heterocycles. The van der Waals surface area contributed by atoms with Gasteiger partial charge in [-0.1, -0.05) is 19.4 Å². The Bertz CT molecular complexity index is 352. The molecule has 2 N–H and O–H groups in total. The highest BCUT2D eigenvalue weighted by Crippen LogP contribution is 2.07. The molecule has 0 saturated carbocycles. The van der Waals surface area contributed by atoms with E-state index in [1.807, 2.05) is 0 Å². The fourth-order valence-electron chi connectivity index (χ4n) is 1.67. The van der Waals surface area contributed by atoms with Crippen LogP contribution in [0, 0.1) is 0 Å². The topological polar surface area (TPSA) is 45.6 Å². The highest BCUT2D eigenvalue weighted by atomic mass is 32.1. The van der Waals surface area contributed by atoms with Crippen molar-refractivity contribution in [3.8, 4) is 0 Å². The Kier molecular flexibility index (Phi) is 9.96. The van der Waals surface area contributed by atoms with Crippen LogP contribution >= 0.6 is 11.3 Å². The van der Waals surface area contributed by atoms with Gasteiger partial charge in [-0.2, -0.15) is 0 Å². The minimum absolute atomic E-state index is 0.696. The molecule has 0 amide bonds. The van der Waals surface area contributed by atoms with Crippen molar-refractivity contribution in [1.82, 2.24) is 10.6 Å². The summed E-state index contributed by atoms with van der Waals surface area (Å²) < 4.78 is 5.50. The summed E-state index contributed by atoms with van der Waals surface area (Å²) in [5.74, 6) is 0.878. The van der Waals surface area contributed by atoms with Crippen molar-refractivity contribution in [1.29, 1.82) is 0 Å². The van der Waals surface area contributed by atoms with Gasteiger partial charge in [-0.05, 0) is 31.2 Å². The highest BCUT2D eigenvalue weighted by molar-refractivity contribution is 7.09. The molecule has 0 atom stereocenters. The number of rotatable bonds is 10. The van der Waals surface area contributed by atoms with Crippen LogP contribution in [0.15, 0.2) is 22.5 Å². The molecular formula is C15H27N3OS. The summed E-state index contributed by atoms with van der Waals surface area (Å²) in [6.07, 6.45) is 3.34. The van der Waals surface area contributed by atoms with Gasteiger partial charge in [0.05, 0.1) is 13.2 Å². The van der Waals surface area contributed by atoms with Crippen LogP contribution in [0.3, 0.4) is 0 Å². The number of hydrogen-bond acceptors (Lipinski definition) is 3. The number of guanidine groups is 1. The second kappa shape index (κ2) is 11.7. The summed E-state index contributed by atoms with van der Waals surface area (Å²) in [6, 6.07) is 4.25. The third-order valence-corrected chi connectivity index (χ3v) is 3.67. The molecule has 0 aliphatic heterocycles. The highest BCUT2D eigenvalue weighted by Gasteiger charge is 1.98. The van der Waals surface area contributed by atoms with Crippen LogP contribution in [0.25, 0.3) is 0 Å². The van der Waals surface area contributed by atoms with E-state index < -0.39 is 0 Å². The molecule has 0 spiro atoms. The minimum Gasteiger partial charge on any atom is -0.380 e. The van der Waals surface area contributed by atoms with Gasteiger partial charge in [0.25, 0.3) is 0 Å². The molecule has 0 bridgehead atoms. The Morgan fingerprint density at radius 1 is 1.30 bits per heavy atom. The number of nitrogens with zero attached hydrogens (tertiary/aromatic N) is 1. The van der Waals surface area contributed by atoms with Crippen molar-refractivity contribution in [2.45, 2.75) is 33.1 Å². The summed E-state index contributed by atoms with van der Waals surface area (Å²) in [6.45, 7) is 8.27. The van der Waals surface area contributed by atoms with Crippen molar-refractivity contribution in [3.63, 3.8) is 0 Å². The number of unbranched alkanes of at least 4 members (excludes halogenated alkanes) is 1. The zero-order valence-corrected chi connectivity index (χ0v) is 13.5. The van der Waals surface area contributed by atoms with E-state index in [9.17, 15) is 0 Å². The van der Waals surface area contributed by atoms with Crippen LogP contribution < -0.4 is 10.6 Å². The molecule has 1 rings (SSSR count). The smallest absolute Gasteiger partial charge is 0.191 e. The molecule has 0 radical (unpaired) electrons. The maximum atomic E-state index is 5.50. The third-order valence-electron chi connectivity index (χ3n) is 2.74. The van der Waals surface area contributed by atoms with Crippen molar-refractivity contribution in [2.75, 3.05) is 32.8 Å². The van der Waals surface area contributed by atoms with Gasteiger partial charge < -0.3 is 15.4 Å². The van der Waals surface area contributed by atoms with Crippen LogP contribution in [-0.2, 0) is 11.2 Å². The fourth-order valence-corrected chi connectivity index (χ4v) is 2.38. The first-order valence-corrected chi connectivity index (χ1v) is 8.37. The van der Waals surface area contributed by atoms with Crippen LogP contribution in [0.1, 0.15) is 31.6 Å². The quantitative estimate of drug-likeness (QED) is 0.396. The standard InChI is InChI=1S/C15H27N3OS/c1-3-5-11-19-12-10-18-15(16-4-2)17-9-8-14-7-6-13-20-14/h6-7,13H,3-5,8-12H2,1-2H3,(H2,16,17,18). The van der Waals surface area contributed by atoms with E-state index in [1.54, 1.807) is 11.3 Å². The van der Waals surface area contributed by atoms with Gasteiger partial charge in [-0.3, -0.25) is 4.99 Å². The van der Waals surface area contributed by atoms with Crippen LogP contribution in [0.4, 0.5) is 0 Å². The molecule has 0 aliphatic carbocycles. The number of thiophene rings is 1. The van der Waals surface area contributed by atoms with E-state index in [4.69, 9.17) is 4.74 Å². The van der Waals surface area contributed by atoms with E-state index >= 15 is 0 Å². The third kappa shape index (κ3) is 8.17. The van der Waals surface area contributed by atoms with Crippen LogP contribution in [-0.4, -0.2) is 38.8 Å². The number of aliphatic imine (C=N–C) groups is 1. The average Bonchev–Trinajstić information content (AvgIpc) is 2.96. The van der Waals surface area contributed by atoms with Crippen molar-refractivity contribution < 1.29 is 4.74 Å². The summed E-state index contributed by atoms with van der Waals surface area (Å²) >= 11 is 1.80. The summed E-state index contributed by atoms with van der Waals surface area (Å²) in [4.78, 5) is 5.90. The van der Waals surface area contributed by atoms with Gasteiger partial charge in [0.2, 0.25) is 0 Å². The maximum Gasteiger partial charge on any atom is 0.191 e. The monoisotopic (exact) mass is 297 g/mol. The second-order valence-electron chi connectivity index (χ2n) is 4.48. The molecule has 0 fully saturated rings. The number of ether oxygens (including phenoxy) is 1. The van der Waals surface area contributed by atoms with Gasteiger partial charge in [0, 0.05) is 24.6 Å². The minimum atomic E-state index is 0.696. The van der Waals surface area contributed by atoms with E-state index in [2.05, 4.69) is 47.0 Å². The second-order valence-corrected chi connectivity index (χ2v) is 5.51. The molecule has 20 heavy (non-hydrogen) atoms. The van der Waals surface area contributed by atoms with Crippen molar-refractivity contribution >= 4 is 17.3 Å². The largest absolute Gasteiger partial charge is 0.380 e. The number of nitrogens with one attached hydrogen (secondary N) is 2. The molecule has 114 valence electrons. The Balaban J connectivity index is 2.17. The molecule has 4 nitrogen and oxygen atoms in total. The molecule has 1 aromatic rings. The average molecular weight is 297 g/mol. The first kappa shape index (κ1) is 17.0. The van der Waals surface area contributed by atoms with Gasteiger partial charge >= 0.3 is 0 Å². The van der Waals surface area contributed by atoms with Crippen LogP contribution in [0.2, 0.25) is 0 Å². The Morgan fingerprint density at radius 2 is 2.20 bits per heavy atom. The van der Waals surface area contributed by atoms with Crippen LogP contribution in [0.5, 0.6) is 0 Å². The normalized spacial score (nSPS) is 11.6.